The van der Waals surface area contributed by atoms with E-state index in [4.69, 9.17) is 4.74 Å². The minimum atomic E-state index is -2.65. The second-order valence-corrected chi connectivity index (χ2v) is 6.97. The van der Waals surface area contributed by atoms with Crippen molar-refractivity contribution in [3.8, 4) is 0 Å². The summed E-state index contributed by atoms with van der Waals surface area (Å²) in [5.41, 5.74) is 4.20. The number of rotatable bonds is 2. The summed E-state index contributed by atoms with van der Waals surface area (Å²) in [6, 6.07) is 6.44. The van der Waals surface area contributed by atoms with Crippen LogP contribution in [0.15, 0.2) is 28.7 Å². The first-order valence-corrected chi connectivity index (χ1v) is 8.22. The molecule has 1 saturated carbocycles. The van der Waals surface area contributed by atoms with Gasteiger partial charge in [-0.2, -0.15) is 8.78 Å². The summed E-state index contributed by atoms with van der Waals surface area (Å²) in [6.45, 7) is -0.573. The summed E-state index contributed by atoms with van der Waals surface area (Å²) in [4.78, 5) is 0. The van der Waals surface area contributed by atoms with Crippen molar-refractivity contribution >= 4 is 21.5 Å². The van der Waals surface area contributed by atoms with Gasteiger partial charge in [0.05, 0.1) is 6.10 Å². The minimum absolute atomic E-state index is 0.125. The highest BCUT2D eigenvalue weighted by molar-refractivity contribution is 9.10. The lowest BCUT2D eigenvalue weighted by atomic mass is 9.68. The van der Waals surface area contributed by atoms with Crippen LogP contribution in [-0.4, -0.2) is 12.7 Å². The molecule has 1 spiro atoms. The highest BCUT2D eigenvalue weighted by Gasteiger charge is 2.44. The van der Waals surface area contributed by atoms with E-state index in [1.807, 2.05) is 0 Å². The standard InChI is InChI=1S/C17H19BrF2O/c1-2-15-14-9-12(18)4-3-11(14)10-17(15)7-5-13(6-8-17)21-16(19)20/h2-4,9,13,16H,5-8,10H2,1H3. The van der Waals surface area contributed by atoms with Gasteiger partial charge in [0.15, 0.2) is 0 Å². The summed E-state index contributed by atoms with van der Waals surface area (Å²) in [5, 5.41) is 0. The molecular formula is C17H19BrF2O. The molecule has 0 radical (unpaired) electrons. The molecule has 0 atom stereocenters. The van der Waals surface area contributed by atoms with Crippen LogP contribution in [0.25, 0.3) is 5.57 Å². The normalized spacial score (nSPS) is 30.3. The lowest BCUT2D eigenvalue weighted by Gasteiger charge is -2.38. The third-order valence-electron chi connectivity index (χ3n) is 4.94. The first kappa shape index (κ1) is 15.2. The van der Waals surface area contributed by atoms with Gasteiger partial charge in [-0.3, -0.25) is 0 Å². The van der Waals surface area contributed by atoms with Crippen LogP contribution in [0.1, 0.15) is 43.7 Å². The van der Waals surface area contributed by atoms with Crippen molar-refractivity contribution < 1.29 is 13.5 Å². The molecule has 0 heterocycles. The third-order valence-corrected chi connectivity index (χ3v) is 5.43. The number of allylic oxidation sites excluding steroid dienone is 2. The number of halogens is 3. The fraction of sp³-hybridized carbons (Fsp3) is 0.529. The lowest BCUT2D eigenvalue weighted by Crippen LogP contribution is -2.32. The van der Waals surface area contributed by atoms with Crippen molar-refractivity contribution in [2.75, 3.05) is 0 Å². The molecule has 3 rings (SSSR count). The molecule has 114 valence electrons. The number of hydrogen-bond donors (Lipinski definition) is 0. The number of hydrogen-bond acceptors (Lipinski definition) is 1. The first-order valence-electron chi connectivity index (χ1n) is 7.43. The topological polar surface area (TPSA) is 9.23 Å². The Balaban J connectivity index is 1.82. The fourth-order valence-electron chi connectivity index (χ4n) is 4.03. The molecule has 1 aromatic rings. The van der Waals surface area contributed by atoms with Gasteiger partial charge in [-0.05, 0) is 73.3 Å². The Morgan fingerprint density at radius 2 is 2.05 bits per heavy atom. The molecule has 4 heteroatoms. The first-order chi connectivity index (χ1) is 10.0. The van der Waals surface area contributed by atoms with Crippen molar-refractivity contribution in [1.29, 1.82) is 0 Å². The Kier molecular flexibility index (Phi) is 4.19. The second-order valence-electron chi connectivity index (χ2n) is 6.06. The van der Waals surface area contributed by atoms with Crippen LogP contribution in [-0.2, 0) is 11.2 Å². The number of alkyl halides is 2. The van der Waals surface area contributed by atoms with Crippen LogP contribution in [0.2, 0.25) is 0 Å². The average Bonchev–Trinajstić information content (AvgIpc) is 2.73. The maximum absolute atomic E-state index is 12.4. The zero-order valence-electron chi connectivity index (χ0n) is 12.0. The van der Waals surface area contributed by atoms with Gasteiger partial charge in [0.1, 0.15) is 0 Å². The fourth-order valence-corrected chi connectivity index (χ4v) is 4.39. The van der Waals surface area contributed by atoms with Gasteiger partial charge in [-0.15, -0.1) is 0 Å². The molecule has 0 aliphatic heterocycles. The van der Waals surface area contributed by atoms with E-state index in [-0.39, 0.29) is 11.5 Å². The number of fused-ring (bicyclic) bond motifs is 1. The van der Waals surface area contributed by atoms with E-state index in [1.54, 1.807) is 0 Å². The van der Waals surface area contributed by atoms with E-state index in [1.165, 1.54) is 16.7 Å². The Morgan fingerprint density at radius 3 is 2.67 bits per heavy atom. The van der Waals surface area contributed by atoms with Crippen LogP contribution in [0.3, 0.4) is 0 Å². The summed E-state index contributed by atoms with van der Waals surface area (Å²) >= 11 is 3.54. The summed E-state index contributed by atoms with van der Waals surface area (Å²) in [5.74, 6) is 0. The molecular weight excluding hydrogens is 338 g/mol. The van der Waals surface area contributed by atoms with E-state index in [0.29, 0.717) is 0 Å². The second kappa shape index (κ2) is 5.81. The van der Waals surface area contributed by atoms with Gasteiger partial charge in [0.25, 0.3) is 0 Å². The van der Waals surface area contributed by atoms with Crippen molar-refractivity contribution in [2.45, 2.75) is 51.7 Å². The Hall–Kier alpha value is -0.740. The van der Waals surface area contributed by atoms with Crippen molar-refractivity contribution in [3.63, 3.8) is 0 Å². The number of ether oxygens (including phenoxy) is 1. The summed E-state index contributed by atoms with van der Waals surface area (Å²) in [7, 11) is 0. The molecule has 0 bridgehead atoms. The van der Waals surface area contributed by atoms with Crippen LogP contribution >= 0.6 is 15.9 Å². The third kappa shape index (κ3) is 2.80. The quantitative estimate of drug-likeness (QED) is 0.672. The maximum atomic E-state index is 12.4. The van der Waals surface area contributed by atoms with Gasteiger partial charge in [0, 0.05) is 4.47 Å². The molecule has 21 heavy (non-hydrogen) atoms. The van der Waals surface area contributed by atoms with Crippen molar-refractivity contribution in [1.82, 2.24) is 0 Å². The Morgan fingerprint density at radius 1 is 1.33 bits per heavy atom. The molecule has 2 aliphatic carbocycles. The SMILES string of the molecule is CC=C1c2cc(Br)ccc2CC12CCC(OC(F)F)CC2. The molecule has 1 nitrogen and oxygen atoms in total. The van der Waals surface area contributed by atoms with Crippen LogP contribution in [0, 0.1) is 5.41 Å². The smallest absolute Gasteiger partial charge is 0.320 e. The van der Waals surface area contributed by atoms with Crippen LogP contribution < -0.4 is 0 Å². The zero-order chi connectivity index (χ0) is 15.0. The molecule has 1 fully saturated rings. The molecule has 2 aliphatic rings. The average molecular weight is 357 g/mol. The Labute approximate surface area is 132 Å². The lowest BCUT2D eigenvalue weighted by molar-refractivity contribution is -0.173. The predicted octanol–water partition coefficient (Wildman–Crippen LogP) is 5.58. The predicted molar refractivity (Wildman–Crippen MR) is 83.3 cm³/mol. The molecule has 0 amide bonds. The summed E-state index contributed by atoms with van der Waals surface area (Å²) in [6.07, 6.45) is 6.23. The van der Waals surface area contributed by atoms with Gasteiger partial charge < -0.3 is 4.74 Å². The number of benzene rings is 1. The molecule has 1 aromatic carbocycles. The summed E-state index contributed by atoms with van der Waals surface area (Å²) < 4.78 is 30.5. The van der Waals surface area contributed by atoms with E-state index in [2.05, 4.69) is 47.1 Å². The molecule has 0 aromatic heterocycles. The van der Waals surface area contributed by atoms with Gasteiger partial charge in [0.2, 0.25) is 0 Å². The van der Waals surface area contributed by atoms with Gasteiger partial charge >= 0.3 is 6.61 Å². The van der Waals surface area contributed by atoms with E-state index in [0.717, 1.165) is 36.6 Å². The zero-order valence-corrected chi connectivity index (χ0v) is 13.6. The highest BCUT2D eigenvalue weighted by atomic mass is 79.9. The van der Waals surface area contributed by atoms with Gasteiger partial charge in [-0.25, -0.2) is 0 Å². The van der Waals surface area contributed by atoms with Crippen LogP contribution in [0.5, 0.6) is 0 Å². The van der Waals surface area contributed by atoms with E-state index in [9.17, 15) is 8.78 Å². The van der Waals surface area contributed by atoms with E-state index < -0.39 is 6.61 Å². The molecule has 0 saturated heterocycles. The van der Waals surface area contributed by atoms with Crippen LogP contribution in [0.4, 0.5) is 8.78 Å². The highest BCUT2D eigenvalue weighted by Crippen LogP contribution is 2.55. The Bertz CT molecular complexity index is 560. The monoisotopic (exact) mass is 356 g/mol. The molecule has 0 N–H and O–H groups in total. The van der Waals surface area contributed by atoms with E-state index >= 15 is 0 Å². The largest absolute Gasteiger partial charge is 0.345 e. The minimum Gasteiger partial charge on any atom is -0.320 e. The van der Waals surface area contributed by atoms with Gasteiger partial charge in [-0.1, -0.05) is 28.1 Å². The molecule has 0 unspecified atom stereocenters. The van der Waals surface area contributed by atoms with Crippen molar-refractivity contribution in [2.24, 2.45) is 5.41 Å². The van der Waals surface area contributed by atoms with Crippen molar-refractivity contribution in [3.05, 3.63) is 39.9 Å². The maximum Gasteiger partial charge on any atom is 0.345 e.